The molecule has 2 aromatic heterocycles. The van der Waals surface area contributed by atoms with Gasteiger partial charge in [0, 0.05) is 17.4 Å². The van der Waals surface area contributed by atoms with Crippen LogP contribution in [-0.2, 0) is 6.18 Å². The van der Waals surface area contributed by atoms with Crippen molar-refractivity contribution < 1.29 is 17.7 Å². The first-order valence-corrected chi connectivity index (χ1v) is 8.17. The Morgan fingerprint density at radius 2 is 1.67 bits per heavy atom. The van der Waals surface area contributed by atoms with Gasteiger partial charge >= 0.3 is 6.18 Å². The Bertz CT molecular complexity index is 1060. The molecule has 0 aliphatic heterocycles. The van der Waals surface area contributed by atoms with Crippen molar-refractivity contribution in [2.45, 2.75) is 13.1 Å². The van der Waals surface area contributed by atoms with Gasteiger partial charge in [-0.1, -0.05) is 35.5 Å². The average molecular weight is 369 g/mol. The standard InChI is InChI=1S/C20H14F3N3O/c1-13-18(19(25-27-13)14-5-3-2-4-6-14)17-11-26(12-24-17)16-9-7-15(8-10-16)20(21,22)23/h2-12H,1H3. The maximum absolute atomic E-state index is 12.7. The Hall–Kier alpha value is -3.35. The van der Waals surface area contributed by atoms with Gasteiger partial charge in [-0.3, -0.25) is 0 Å². The third-order valence-corrected chi connectivity index (χ3v) is 4.24. The van der Waals surface area contributed by atoms with E-state index in [0.717, 1.165) is 23.3 Å². The molecule has 4 aromatic rings. The number of rotatable bonds is 3. The highest BCUT2D eigenvalue weighted by Gasteiger charge is 2.30. The highest BCUT2D eigenvalue weighted by Crippen LogP contribution is 2.34. The van der Waals surface area contributed by atoms with E-state index in [0.29, 0.717) is 22.8 Å². The van der Waals surface area contributed by atoms with Crippen LogP contribution in [0.2, 0.25) is 0 Å². The molecule has 0 saturated heterocycles. The average Bonchev–Trinajstić information content (AvgIpc) is 3.28. The zero-order valence-corrected chi connectivity index (χ0v) is 14.2. The first kappa shape index (κ1) is 17.1. The molecule has 2 heterocycles. The topological polar surface area (TPSA) is 43.9 Å². The van der Waals surface area contributed by atoms with Gasteiger partial charge in [-0.05, 0) is 31.2 Å². The van der Waals surface area contributed by atoms with E-state index < -0.39 is 11.7 Å². The summed E-state index contributed by atoms with van der Waals surface area (Å²) in [4.78, 5) is 4.39. The van der Waals surface area contributed by atoms with Gasteiger partial charge in [-0.25, -0.2) is 4.98 Å². The third kappa shape index (κ3) is 3.23. The number of nitrogens with zero attached hydrogens (tertiary/aromatic N) is 3. The van der Waals surface area contributed by atoms with Crippen LogP contribution in [0.15, 0.2) is 71.6 Å². The second kappa shape index (κ2) is 6.42. The smallest absolute Gasteiger partial charge is 0.360 e. The first-order chi connectivity index (χ1) is 12.9. The van der Waals surface area contributed by atoms with Crippen molar-refractivity contribution in [3.63, 3.8) is 0 Å². The van der Waals surface area contributed by atoms with E-state index in [1.165, 1.54) is 12.1 Å². The quantitative estimate of drug-likeness (QED) is 0.477. The van der Waals surface area contributed by atoms with Gasteiger partial charge in [0.15, 0.2) is 0 Å². The Labute approximate surface area is 152 Å². The van der Waals surface area contributed by atoms with Crippen molar-refractivity contribution in [3.8, 4) is 28.2 Å². The van der Waals surface area contributed by atoms with Crippen molar-refractivity contribution in [2.75, 3.05) is 0 Å². The molecule has 4 rings (SSSR count). The molecule has 27 heavy (non-hydrogen) atoms. The predicted molar refractivity (Wildman–Crippen MR) is 94.2 cm³/mol. The third-order valence-electron chi connectivity index (χ3n) is 4.24. The molecule has 7 heteroatoms. The molecule has 0 saturated carbocycles. The minimum atomic E-state index is -4.36. The highest BCUT2D eigenvalue weighted by molar-refractivity contribution is 5.79. The summed E-state index contributed by atoms with van der Waals surface area (Å²) in [5.41, 5.74) is 2.85. The fourth-order valence-electron chi connectivity index (χ4n) is 2.88. The normalized spacial score (nSPS) is 11.7. The summed E-state index contributed by atoms with van der Waals surface area (Å²) in [5, 5.41) is 4.13. The molecule has 0 fully saturated rings. The Morgan fingerprint density at radius 3 is 2.33 bits per heavy atom. The summed E-state index contributed by atoms with van der Waals surface area (Å²) in [6.07, 6.45) is -1.06. The van der Waals surface area contributed by atoms with E-state index in [1.807, 2.05) is 30.3 Å². The molecule has 0 atom stereocenters. The Balaban J connectivity index is 1.71. The van der Waals surface area contributed by atoms with E-state index in [2.05, 4.69) is 10.1 Å². The van der Waals surface area contributed by atoms with Crippen LogP contribution in [0.4, 0.5) is 13.2 Å². The van der Waals surface area contributed by atoms with Crippen LogP contribution in [0, 0.1) is 6.92 Å². The van der Waals surface area contributed by atoms with Crippen LogP contribution in [-0.4, -0.2) is 14.7 Å². The van der Waals surface area contributed by atoms with Gasteiger partial charge in [0.2, 0.25) is 0 Å². The molecule has 0 amide bonds. The zero-order valence-electron chi connectivity index (χ0n) is 14.2. The molecule has 0 aliphatic carbocycles. The lowest BCUT2D eigenvalue weighted by Crippen LogP contribution is -2.04. The van der Waals surface area contributed by atoms with Crippen LogP contribution in [0.3, 0.4) is 0 Å². The lowest BCUT2D eigenvalue weighted by atomic mass is 10.0. The molecule has 0 unspecified atom stereocenters. The molecule has 0 aliphatic rings. The number of aromatic nitrogens is 3. The lowest BCUT2D eigenvalue weighted by molar-refractivity contribution is -0.137. The molecule has 0 bridgehead atoms. The number of hydrogen-bond donors (Lipinski definition) is 0. The number of halogens is 3. The molecular formula is C20H14F3N3O. The van der Waals surface area contributed by atoms with Gasteiger partial charge in [0.25, 0.3) is 0 Å². The zero-order chi connectivity index (χ0) is 19.0. The maximum Gasteiger partial charge on any atom is 0.416 e. The number of aryl methyl sites for hydroxylation is 1. The number of alkyl halides is 3. The molecule has 0 N–H and O–H groups in total. The largest absolute Gasteiger partial charge is 0.416 e. The molecule has 0 radical (unpaired) electrons. The molecule has 136 valence electrons. The highest BCUT2D eigenvalue weighted by atomic mass is 19.4. The fraction of sp³-hybridized carbons (Fsp3) is 0.100. The van der Waals surface area contributed by atoms with Crippen LogP contribution in [0.5, 0.6) is 0 Å². The first-order valence-electron chi connectivity index (χ1n) is 8.17. The summed E-state index contributed by atoms with van der Waals surface area (Å²) in [7, 11) is 0. The molecule has 4 nitrogen and oxygen atoms in total. The number of imidazole rings is 1. The van der Waals surface area contributed by atoms with E-state index in [4.69, 9.17) is 4.52 Å². The van der Waals surface area contributed by atoms with Crippen molar-refractivity contribution in [3.05, 3.63) is 78.4 Å². The van der Waals surface area contributed by atoms with Gasteiger partial charge in [-0.2, -0.15) is 13.2 Å². The van der Waals surface area contributed by atoms with Crippen LogP contribution >= 0.6 is 0 Å². The fourth-order valence-corrected chi connectivity index (χ4v) is 2.88. The molecule has 2 aromatic carbocycles. The van der Waals surface area contributed by atoms with Crippen LogP contribution in [0.25, 0.3) is 28.2 Å². The van der Waals surface area contributed by atoms with E-state index in [-0.39, 0.29) is 0 Å². The summed E-state index contributed by atoms with van der Waals surface area (Å²) < 4.78 is 45.2. The van der Waals surface area contributed by atoms with Gasteiger partial charge < -0.3 is 9.09 Å². The molecule has 0 spiro atoms. The maximum atomic E-state index is 12.7. The Morgan fingerprint density at radius 1 is 0.963 bits per heavy atom. The Kier molecular flexibility index (Phi) is 4.07. The van der Waals surface area contributed by atoms with Crippen molar-refractivity contribution in [1.29, 1.82) is 0 Å². The van der Waals surface area contributed by atoms with Crippen LogP contribution < -0.4 is 0 Å². The minimum Gasteiger partial charge on any atom is -0.360 e. The predicted octanol–water partition coefficient (Wildman–Crippen LogP) is 5.52. The van der Waals surface area contributed by atoms with Crippen molar-refractivity contribution >= 4 is 0 Å². The minimum absolute atomic E-state index is 0.581. The molecular weight excluding hydrogens is 355 g/mol. The summed E-state index contributed by atoms with van der Waals surface area (Å²) in [6, 6.07) is 14.5. The summed E-state index contributed by atoms with van der Waals surface area (Å²) >= 11 is 0. The van der Waals surface area contributed by atoms with Crippen molar-refractivity contribution in [2.24, 2.45) is 0 Å². The van der Waals surface area contributed by atoms with Crippen molar-refractivity contribution in [1.82, 2.24) is 14.7 Å². The van der Waals surface area contributed by atoms with Gasteiger partial charge in [0.05, 0.1) is 23.1 Å². The van der Waals surface area contributed by atoms with E-state index in [1.54, 1.807) is 24.0 Å². The van der Waals surface area contributed by atoms with Gasteiger partial charge in [0.1, 0.15) is 11.5 Å². The monoisotopic (exact) mass is 369 g/mol. The second-order valence-electron chi connectivity index (χ2n) is 6.04. The summed E-state index contributed by atoms with van der Waals surface area (Å²) in [6.45, 7) is 1.80. The van der Waals surface area contributed by atoms with Crippen LogP contribution in [0.1, 0.15) is 11.3 Å². The summed E-state index contributed by atoms with van der Waals surface area (Å²) in [5.74, 6) is 0.617. The lowest BCUT2D eigenvalue weighted by Gasteiger charge is -2.07. The van der Waals surface area contributed by atoms with Gasteiger partial charge in [-0.15, -0.1) is 0 Å². The van der Waals surface area contributed by atoms with E-state index >= 15 is 0 Å². The second-order valence-corrected chi connectivity index (χ2v) is 6.04. The SMILES string of the molecule is Cc1onc(-c2ccccc2)c1-c1cn(-c2ccc(C(F)(F)F)cc2)cn1. The number of hydrogen-bond acceptors (Lipinski definition) is 3. The number of benzene rings is 2. The van der Waals surface area contributed by atoms with E-state index in [9.17, 15) is 13.2 Å².